The van der Waals surface area contributed by atoms with E-state index in [2.05, 4.69) is 5.32 Å². The Labute approximate surface area is 184 Å². The number of hydrogen-bond donors (Lipinski definition) is 3. The third-order valence-electron chi connectivity index (χ3n) is 4.19. The van der Waals surface area contributed by atoms with E-state index in [0.717, 1.165) is 23.9 Å². The van der Waals surface area contributed by atoms with E-state index in [1.807, 2.05) is 0 Å². The predicted molar refractivity (Wildman–Crippen MR) is 114 cm³/mol. The van der Waals surface area contributed by atoms with Crippen LogP contribution in [0, 0.1) is 0 Å². The van der Waals surface area contributed by atoms with E-state index in [9.17, 15) is 22.8 Å². The molecule has 1 fully saturated rings. The zero-order chi connectivity index (χ0) is 22.8. The van der Waals surface area contributed by atoms with E-state index >= 15 is 0 Å². The Balaban J connectivity index is 1.83. The first-order valence-corrected chi connectivity index (χ1v) is 9.96. The van der Waals surface area contributed by atoms with Gasteiger partial charge in [-0.2, -0.15) is 13.2 Å². The minimum Gasteiger partial charge on any atom is -0.480 e. The molecule has 3 rings (SSSR count). The highest BCUT2D eigenvalue weighted by Gasteiger charge is 2.34. The number of carbonyl (C=O) groups excluding carboxylic acids is 1. The number of carbonyl (C=O) groups is 2. The number of amides is 1. The van der Waals surface area contributed by atoms with Gasteiger partial charge in [0, 0.05) is 0 Å². The van der Waals surface area contributed by atoms with Crippen molar-refractivity contribution < 1.29 is 32.6 Å². The number of nitrogens with two attached hydrogens (primary N) is 1. The number of aliphatic carboxylic acids is 1. The Morgan fingerprint density at radius 1 is 1.23 bits per heavy atom. The highest BCUT2D eigenvalue weighted by molar-refractivity contribution is 8.26. The fraction of sp³-hybridized carbons (Fsp3) is 0.150. The van der Waals surface area contributed by atoms with Crippen LogP contribution in [0.25, 0.3) is 6.08 Å². The number of carboxylic acids is 1. The van der Waals surface area contributed by atoms with Crippen molar-refractivity contribution in [1.82, 2.24) is 5.32 Å². The van der Waals surface area contributed by atoms with Gasteiger partial charge in [-0.25, -0.2) is 0 Å². The first-order valence-electron chi connectivity index (χ1n) is 8.74. The number of rotatable bonds is 6. The summed E-state index contributed by atoms with van der Waals surface area (Å²) in [6, 6.07) is 8.53. The standard InChI is InChI=1S/C20H15F3N2O4S2/c21-20(22,23)14-9-13(6-3-11(14)8-16-17(26)25-19(30)31-16)29-12-4-1-10(2-5-12)7-15(24)18(27)28/h1-6,8-9,15H,7,24H2,(H,27,28)(H,25,26,30)/t15-/m0/s1. The van der Waals surface area contributed by atoms with Gasteiger partial charge in [0.2, 0.25) is 0 Å². The molecule has 0 bridgehead atoms. The third kappa shape index (κ3) is 5.84. The fourth-order valence-electron chi connectivity index (χ4n) is 2.70. The smallest absolute Gasteiger partial charge is 0.417 e. The van der Waals surface area contributed by atoms with E-state index < -0.39 is 29.7 Å². The van der Waals surface area contributed by atoms with Crippen LogP contribution < -0.4 is 15.8 Å². The summed E-state index contributed by atoms with van der Waals surface area (Å²) < 4.78 is 46.4. The largest absolute Gasteiger partial charge is 0.480 e. The van der Waals surface area contributed by atoms with Gasteiger partial charge in [0.25, 0.3) is 5.91 Å². The molecule has 31 heavy (non-hydrogen) atoms. The van der Waals surface area contributed by atoms with Crippen molar-refractivity contribution in [1.29, 1.82) is 0 Å². The zero-order valence-electron chi connectivity index (χ0n) is 15.6. The second-order valence-electron chi connectivity index (χ2n) is 6.49. The molecule has 0 saturated carbocycles. The lowest BCUT2D eigenvalue weighted by atomic mass is 10.1. The minimum absolute atomic E-state index is 0.0523. The number of hydrogen-bond acceptors (Lipinski definition) is 6. The van der Waals surface area contributed by atoms with Gasteiger partial charge in [0.1, 0.15) is 21.9 Å². The number of alkyl halides is 3. The Morgan fingerprint density at radius 2 is 1.87 bits per heavy atom. The van der Waals surface area contributed by atoms with Crippen LogP contribution in [0.15, 0.2) is 47.4 Å². The molecule has 2 aromatic carbocycles. The average molecular weight is 468 g/mol. The molecule has 0 aromatic heterocycles. The summed E-state index contributed by atoms with van der Waals surface area (Å²) in [5.74, 6) is -1.47. The SMILES string of the molecule is N[C@@H](Cc1ccc(Oc2ccc(C=C3SC(=S)NC3=O)c(C(F)(F)F)c2)cc1)C(=O)O. The van der Waals surface area contributed by atoms with Crippen LogP contribution >= 0.6 is 24.0 Å². The molecule has 0 aliphatic carbocycles. The quantitative estimate of drug-likeness (QED) is 0.436. The van der Waals surface area contributed by atoms with Crippen molar-refractivity contribution in [2.24, 2.45) is 5.73 Å². The lowest BCUT2D eigenvalue weighted by Crippen LogP contribution is -2.32. The zero-order valence-corrected chi connectivity index (χ0v) is 17.2. The number of nitrogens with one attached hydrogen (secondary N) is 1. The molecule has 1 amide bonds. The van der Waals surface area contributed by atoms with Crippen LogP contribution in [0.4, 0.5) is 13.2 Å². The van der Waals surface area contributed by atoms with Crippen molar-refractivity contribution in [3.8, 4) is 11.5 Å². The minimum atomic E-state index is -4.68. The number of halogens is 3. The molecule has 2 aromatic rings. The number of ether oxygens (including phenoxy) is 1. The van der Waals surface area contributed by atoms with Crippen LogP contribution in [-0.4, -0.2) is 27.3 Å². The van der Waals surface area contributed by atoms with Crippen molar-refractivity contribution in [2.45, 2.75) is 18.6 Å². The molecule has 1 heterocycles. The van der Waals surface area contributed by atoms with Crippen molar-refractivity contribution in [3.05, 3.63) is 64.1 Å². The summed E-state index contributed by atoms with van der Waals surface area (Å²) in [6.45, 7) is 0. The molecule has 1 atom stereocenters. The van der Waals surface area contributed by atoms with Gasteiger partial charge in [-0.3, -0.25) is 9.59 Å². The molecular weight excluding hydrogens is 453 g/mol. The van der Waals surface area contributed by atoms with Gasteiger partial charge in [0.05, 0.1) is 10.5 Å². The van der Waals surface area contributed by atoms with Gasteiger partial charge in [-0.15, -0.1) is 0 Å². The normalized spacial score (nSPS) is 16.3. The number of carboxylic acid groups (broad SMARTS) is 1. The maximum absolute atomic E-state index is 13.6. The van der Waals surface area contributed by atoms with E-state index in [1.54, 1.807) is 12.1 Å². The van der Waals surface area contributed by atoms with E-state index in [0.29, 0.717) is 5.56 Å². The molecule has 0 spiro atoms. The summed E-state index contributed by atoms with van der Waals surface area (Å²) in [5, 5.41) is 11.2. The molecule has 1 saturated heterocycles. The van der Waals surface area contributed by atoms with E-state index in [-0.39, 0.29) is 32.7 Å². The molecule has 6 nitrogen and oxygen atoms in total. The summed E-state index contributed by atoms with van der Waals surface area (Å²) in [7, 11) is 0. The Bertz CT molecular complexity index is 1070. The van der Waals surface area contributed by atoms with Gasteiger partial charge in [-0.05, 0) is 47.9 Å². The Morgan fingerprint density at radius 3 is 2.42 bits per heavy atom. The summed E-state index contributed by atoms with van der Waals surface area (Å²) in [6.07, 6.45) is -3.44. The molecule has 1 aliphatic rings. The first kappa shape index (κ1) is 22.8. The van der Waals surface area contributed by atoms with Gasteiger partial charge >= 0.3 is 12.1 Å². The van der Waals surface area contributed by atoms with Gasteiger partial charge in [0.15, 0.2) is 0 Å². The summed E-state index contributed by atoms with van der Waals surface area (Å²) in [4.78, 5) is 22.6. The maximum Gasteiger partial charge on any atom is 0.417 e. The highest BCUT2D eigenvalue weighted by atomic mass is 32.2. The first-order chi connectivity index (χ1) is 14.5. The maximum atomic E-state index is 13.6. The van der Waals surface area contributed by atoms with E-state index in [4.69, 9.17) is 27.8 Å². The molecule has 162 valence electrons. The second kappa shape index (κ2) is 9.08. The van der Waals surface area contributed by atoms with Gasteiger partial charge < -0.3 is 20.9 Å². The monoisotopic (exact) mass is 468 g/mol. The fourth-order valence-corrected chi connectivity index (χ4v) is 3.74. The summed E-state index contributed by atoms with van der Waals surface area (Å²) in [5.41, 5.74) is 4.97. The summed E-state index contributed by atoms with van der Waals surface area (Å²) >= 11 is 5.74. The van der Waals surface area contributed by atoms with Crippen molar-refractivity contribution in [2.75, 3.05) is 0 Å². The predicted octanol–water partition coefficient (Wildman–Crippen LogP) is 3.94. The molecule has 0 unspecified atom stereocenters. The number of thioether (sulfide) groups is 1. The molecular formula is C20H15F3N2O4S2. The second-order valence-corrected chi connectivity index (χ2v) is 8.21. The van der Waals surface area contributed by atoms with E-state index in [1.165, 1.54) is 24.3 Å². The Kier molecular flexibility index (Phi) is 6.68. The topological polar surface area (TPSA) is 102 Å². The average Bonchev–Trinajstić information content (AvgIpc) is 3.00. The number of thiocarbonyl (C=S) groups is 1. The highest BCUT2D eigenvalue weighted by Crippen LogP contribution is 2.38. The lowest BCUT2D eigenvalue weighted by Gasteiger charge is -2.14. The molecule has 1 aliphatic heterocycles. The van der Waals surface area contributed by atoms with Gasteiger partial charge in [-0.1, -0.05) is 42.2 Å². The molecule has 4 N–H and O–H groups in total. The van der Waals surface area contributed by atoms with Crippen LogP contribution in [-0.2, 0) is 22.2 Å². The van der Waals surface area contributed by atoms with Crippen molar-refractivity contribution in [3.63, 3.8) is 0 Å². The van der Waals surface area contributed by atoms with Crippen LogP contribution in [0.1, 0.15) is 16.7 Å². The van der Waals surface area contributed by atoms with Crippen LogP contribution in [0.5, 0.6) is 11.5 Å². The molecule has 0 radical (unpaired) electrons. The number of benzene rings is 2. The third-order valence-corrected chi connectivity index (χ3v) is 5.35. The Hall–Kier alpha value is -2.89. The van der Waals surface area contributed by atoms with Crippen LogP contribution in [0.2, 0.25) is 0 Å². The molecule has 11 heteroatoms. The van der Waals surface area contributed by atoms with Crippen LogP contribution in [0.3, 0.4) is 0 Å². The van der Waals surface area contributed by atoms with Crippen molar-refractivity contribution >= 4 is 46.3 Å². The lowest BCUT2D eigenvalue weighted by molar-refractivity contribution is -0.139.